The highest BCUT2D eigenvalue weighted by Crippen LogP contribution is 2.23. The number of amides is 1. The second kappa shape index (κ2) is 5.54. The fourth-order valence-electron chi connectivity index (χ4n) is 1.45. The molecule has 0 unspecified atom stereocenters. The largest absolute Gasteiger partial charge is 0.478 e. The standard InChI is InChI=1S/C11H13ClN2O3/c1-2-14(6-10(13)15)7-3-4-8(11(16)17)9(12)5-7/h3-5H,2,6H2,1H3,(H2,13,15)(H,16,17). The van der Waals surface area contributed by atoms with E-state index in [1.165, 1.54) is 12.1 Å². The molecule has 0 saturated heterocycles. The monoisotopic (exact) mass is 256 g/mol. The van der Waals surface area contributed by atoms with E-state index in [2.05, 4.69) is 0 Å². The van der Waals surface area contributed by atoms with Crippen molar-refractivity contribution in [2.75, 3.05) is 18.0 Å². The van der Waals surface area contributed by atoms with Gasteiger partial charge in [0.1, 0.15) is 0 Å². The molecule has 0 fully saturated rings. The van der Waals surface area contributed by atoms with Crippen LogP contribution in [-0.2, 0) is 4.79 Å². The van der Waals surface area contributed by atoms with Gasteiger partial charge in [0.05, 0.1) is 17.1 Å². The molecule has 3 N–H and O–H groups in total. The van der Waals surface area contributed by atoms with E-state index in [0.29, 0.717) is 12.2 Å². The zero-order valence-electron chi connectivity index (χ0n) is 9.31. The predicted octanol–water partition coefficient (Wildman–Crippen LogP) is 1.35. The smallest absolute Gasteiger partial charge is 0.337 e. The average molecular weight is 257 g/mol. The first-order valence-electron chi connectivity index (χ1n) is 5.01. The third-order valence-electron chi connectivity index (χ3n) is 2.28. The maximum Gasteiger partial charge on any atom is 0.337 e. The van der Waals surface area contributed by atoms with Crippen molar-refractivity contribution < 1.29 is 14.7 Å². The number of rotatable bonds is 5. The van der Waals surface area contributed by atoms with Crippen molar-refractivity contribution in [1.29, 1.82) is 0 Å². The van der Waals surface area contributed by atoms with Gasteiger partial charge in [0, 0.05) is 12.2 Å². The van der Waals surface area contributed by atoms with Gasteiger partial charge in [-0.2, -0.15) is 0 Å². The summed E-state index contributed by atoms with van der Waals surface area (Å²) in [5.74, 6) is -1.54. The van der Waals surface area contributed by atoms with Crippen molar-refractivity contribution in [3.63, 3.8) is 0 Å². The van der Waals surface area contributed by atoms with Gasteiger partial charge >= 0.3 is 5.97 Å². The minimum atomic E-state index is -1.08. The first-order chi connectivity index (χ1) is 7.95. The first kappa shape index (κ1) is 13.3. The van der Waals surface area contributed by atoms with Gasteiger partial charge in [0.15, 0.2) is 0 Å². The Morgan fingerprint density at radius 3 is 2.53 bits per heavy atom. The van der Waals surface area contributed by atoms with Crippen molar-refractivity contribution in [2.45, 2.75) is 6.92 Å². The second-order valence-corrected chi connectivity index (χ2v) is 3.86. The molecular formula is C11H13ClN2O3. The third kappa shape index (κ3) is 3.35. The molecule has 5 nitrogen and oxygen atoms in total. The van der Waals surface area contributed by atoms with E-state index in [-0.39, 0.29) is 17.1 Å². The van der Waals surface area contributed by atoms with Crippen LogP contribution in [0, 0.1) is 0 Å². The van der Waals surface area contributed by atoms with Crippen LogP contribution in [0.1, 0.15) is 17.3 Å². The van der Waals surface area contributed by atoms with Crippen molar-refractivity contribution in [3.8, 4) is 0 Å². The molecule has 0 heterocycles. The van der Waals surface area contributed by atoms with E-state index < -0.39 is 11.9 Å². The second-order valence-electron chi connectivity index (χ2n) is 3.45. The lowest BCUT2D eigenvalue weighted by atomic mass is 10.2. The molecule has 0 aromatic heterocycles. The molecule has 0 bridgehead atoms. The summed E-state index contributed by atoms with van der Waals surface area (Å²) in [5, 5.41) is 8.96. The van der Waals surface area contributed by atoms with Gasteiger partial charge in [0.25, 0.3) is 0 Å². The van der Waals surface area contributed by atoms with Gasteiger partial charge < -0.3 is 15.7 Å². The third-order valence-corrected chi connectivity index (χ3v) is 2.59. The molecule has 0 aliphatic rings. The molecule has 1 rings (SSSR count). The number of hydrogen-bond donors (Lipinski definition) is 2. The molecule has 0 radical (unpaired) electrons. The Labute approximate surface area is 104 Å². The van der Waals surface area contributed by atoms with E-state index in [0.717, 1.165) is 0 Å². The van der Waals surface area contributed by atoms with Crippen LogP contribution in [0.4, 0.5) is 5.69 Å². The lowest BCUT2D eigenvalue weighted by Crippen LogP contribution is -2.33. The highest BCUT2D eigenvalue weighted by Gasteiger charge is 2.12. The maximum absolute atomic E-state index is 10.9. The van der Waals surface area contributed by atoms with Gasteiger partial charge in [0.2, 0.25) is 5.91 Å². The van der Waals surface area contributed by atoms with Gasteiger partial charge in [-0.3, -0.25) is 4.79 Å². The number of carbonyl (C=O) groups is 2. The van der Waals surface area contributed by atoms with Crippen LogP contribution in [0.5, 0.6) is 0 Å². The highest BCUT2D eigenvalue weighted by atomic mass is 35.5. The Morgan fingerprint density at radius 1 is 1.47 bits per heavy atom. The minimum absolute atomic E-state index is 0.0329. The number of nitrogens with two attached hydrogens (primary N) is 1. The number of likely N-dealkylation sites (N-methyl/N-ethyl adjacent to an activating group) is 1. The molecule has 17 heavy (non-hydrogen) atoms. The Balaban J connectivity index is 3.02. The number of anilines is 1. The average Bonchev–Trinajstić information content (AvgIpc) is 2.24. The number of primary amides is 1. The molecule has 0 saturated carbocycles. The molecule has 92 valence electrons. The number of hydrogen-bond acceptors (Lipinski definition) is 3. The Morgan fingerprint density at radius 2 is 2.12 bits per heavy atom. The van der Waals surface area contributed by atoms with Crippen LogP contribution < -0.4 is 10.6 Å². The number of halogens is 1. The fourth-order valence-corrected chi connectivity index (χ4v) is 1.70. The van der Waals surface area contributed by atoms with E-state index in [1.807, 2.05) is 6.92 Å². The number of nitrogens with zero attached hydrogens (tertiary/aromatic N) is 1. The summed E-state index contributed by atoms with van der Waals surface area (Å²) in [6, 6.07) is 4.52. The van der Waals surface area contributed by atoms with Crippen LogP contribution in [0.2, 0.25) is 5.02 Å². The van der Waals surface area contributed by atoms with Crippen LogP contribution in [0.3, 0.4) is 0 Å². The highest BCUT2D eigenvalue weighted by molar-refractivity contribution is 6.33. The van der Waals surface area contributed by atoms with E-state index in [4.69, 9.17) is 22.4 Å². The van der Waals surface area contributed by atoms with Gasteiger partial charge in [-0.15, -0.1) is 0 Å². The van der Waals surface area contributed by atoms with Crippen molar-refractivity contribution in [1.82, 2.24) is 0 Å². The Hall–Kier alpha value is -1.75. The SMILES string of the molecule is CCN(CC(N)=O)c1ccc(C(=O)O)c(Cl)c1. The maximum atomic E-state index is 10.9. The Bertz CT molecular complexity index is 448. The lowest BCUT2D eigenvalue weighted by molar-refractivity contribution is -0.116. The summed E-state index contributed by atoms with van der Waals surface area (Å²) in [6.45, 7) is 2.51. The van der Waals surface area contributed by atoms with Crippen molar-refractivity contribution in [2.24, 2.45) is 5.73 Å². The van der Waals surface area contributed by atoms with Crippen molar-refractivity contribution >= 4 is 29.2 Å². The topological polar surface area (TPSA) is 83.6 Å². The molecule has 6 heteroatoms. The molecule has 0 aliphatic heterocycles. The van der Waals surface area contributed by atoms with Crippen LogP contribution in [0.25, 0.3) is 0 Å². The van der Waals surface area contributed by atoms with Gasteiger partial charge in [-0.05, 0) is 25.1 Å². The quantitative estimate of drug-likeness (QED) is 0.833. The lowest BCUT2D eigenvalue weighted by Gasteiger charge is -2.21. The molecule has 0 spiro atoms. The minimum Gasteiger partial charge on any atom is -0.478 e. The molecule has 0 aliphatic carbocycles. The fraction of sp³-hybridized carbons (Fsp3) is 0.273. The zero-order chi connectivity index (χ0) is 13.0. The Kier molecular flexibility index (Phi) is 4.34. The number of benzene rings is 1. The predicted molar refractivity (Wildman–Crippen MR) is 65.5 cm³/mol. The summed E-state index contributed by atoms with van der Waals surface area (Å²) < 4.78 is 0. The molecule has 0 atom stereocenters. The number of carboxylic acid groups (broad SMARTS) is 1. The number of aromatic carboxylic acids is 1. The van der Waals surface area contributed by atoms with Crippen LogP contribution in [-0.4, -0.2) is 30.1 Å². The van der Waals surface area contributed by atoms with Crippen LogP contribution in [0.15, 0.2) is 18.2 Å². The van der Waals surface area contributed by atoms with Crippen LogP contribution >= 0.6 is 11.6 Å². The van der Waals surface area contributed by atoms with Crippen molar-refractivity contribution in [3.05, 3.63) is 28.8 Å². The summed E-state index contributed by atoms with van der Waals surface area (Å²) in [4.78, 5) is 23.3. The number of carboxylic acids is 1. The van der Waals surface area contributed by atoms with Gasteiger partial charge in [-0.1, -0.05) is 11.6 Å². The first-order valence-corrected chi connectivity index (χ1v) is 5.39. The summed E-state index contributed by atoms with van der Waals surface area (Å²) >= 11 is 5.84. The summed E-state index contributed by atoms with van der Waals surface area (Å²) in [7, 11) is 0. The molecule has 1 aromatic carbocycles. The summed E-state index contributed by atoms with van der Waals surface area (Å²) in [6.07, 6.45) is 0. The molecular weight excluding hydrogens is 244 g/mol. The normalized spacial score (nSPS) is 10.0. The van der Waals surface area contributed by atoms with Gasteiger partial charge in [-0.25, -0.2) is 4.79 Å². The van der Waals surface area contributed by atoms with E-state index in [9.17, 15) is 9.59 Å². The number of carbonyl (C=O) groups excluding carboxylic acids is 1. The molecule has 1 aromatic rings. The molecule has 1 amide bonds. The van der Waals surface area contributed by atoms with E-state index >= 15 is 0 Å². The van der Waals surface area contributed by atoms with E-state index in [1.54, 1.807) is 11.0 Å². The zero-order valence-corrected chi connectivity index (χ0v) is 10.1. The summed E-state index contributed by atoms with van der Waals surface area (Å²) in [5.41, 5.74) is 5.82.